The van der Waals surface area contributed by atoms with Gasteiger partial charge < -0.3 is 0 Å². The van der Waals surface area contributed by atoms with Gasteiger partial charge in [-0.2, -0.15) is 0 Å². The van der Waals surface area contributed by atoms with Crippen molar-refractivity contribution in [2.24, 2.45) is 0 Å². The Kier molecular flexibility index (Phi) is 9.21. The lowest BCUT2D eigenvalue weighted by atomic mass is 10.2. The van der Waals surface area contributed by atoms with Gasteiger partial charge in [0.15, 0.2) is 0 Å². The lowest BCUT2D eigenvalue weighted by molar-refractivity contribution is 0.179. The van der Waals surface area contributed by atoms with E-state index in [2.05, 4.69) is 37.3 Å². The Morgan fingerprint density at radius 3 is 2.11 bits per heavy atom. The summed E-state index contributed by atoms with van der Waals surface area (Å²) in [7, 11) is -3.14. The molecule has 0 aliphatic carbocycles. The minimum Gasteiger partial charge on any atom is -0.297 e. The quantitative estimate of drug-likeness (QED) is 0.496. The molecule has 0 spiro atoms. The molecule has 0 aliphatic heterocycles. The van der Waals surface area contributed by atoms with Gasteiger partial charge in [-0.25, -0.2) is 13.1 Å². The van der Waals surface area contributed by atoms with Crippen molar-refractivity contribution in [2.45, 2.75) is 52.6 Å². The second kappa shape index (κ2) is 9.13. The number of alkyl halides is 1. The van der Waals surface area contributed by atoms with Crippen LogP contribution in [0, 0.1) is 0 Å². The van der Waals surface area contributed by atoms with Crippen LogP contribution in [0.5, 0.6) is 0 Å². The third kappa shape index (κ3) is 8.29. The summed E-state index contributed by atoms with van der Waals surface area (Å²) in [5, 5.41) is 0. The number of rotatable bonds is 10. The van der Waals surface area contributed by atoms with Crippen molar-refractivity contribution < 1.29 is 8.42 Å². The Labute approximate surface area is 117 Å². The van der Waals surface area contributed by atoms with Gasteiger partial charge in [0.05, 0.1) is 5.75 Å². The number of halogens is 1. The first-order valence-electron chi connectivity index (χ1n) is 6.59. The van der Waals surface area contributed by atoms with Gasteiger partial charge in [0.25, 0.3) is 0 Å². The fraction of sp³-hybridized carbons (Fsp3) is 1.00. The summed E-state index contributed by atoms with van der Waals surface area (Å²) in [4.78, 5) is 2.27. The molecule has 0 amide bonds. The molecule has 0 aliphatic rings. The van der Waals surface area contributed by atoms with Crippen LogP contribution in [-0.4, -0.2) is 50.1 Å². The second-order valence-electron chi connectivity index (χ2n) is 5.03. The van der Waals surface area contributed by atoms with E-state index in [4.69, 9.17) is 11.6 Å². The van der Waals surface area contributed by atoms with Crippen LogP contribution in [0.4, 0.5) is 0 Å². The van der Waals surface area contributed by atoms with Crippen LogP contribution in [0.15, 0.2) is 0 Å². The van der Waals surface area contributed by atoms with Crippen LogP contribution in [0.1, 0.15) is 40.5 Å². The zero-order valence-electron chi connectivity index (χ0n) is 11.9. The number of hydrogen-bond acceptors (Lipinski definition) is 3. The zero-order valence-corrected chi connectivity index (χ0v) is 13.5. The van der Waals surface area contributed by atoms with Crippen LogP contribution in [-0.2, 0) is 10.0 Å². The van der Waals surface area contributed by atoms with Crippen LogP contribution in [0.25, 0.3) is 0 Å². The number of hydrogen-bond donors (Lipinski definition) is 1. The van der Waals surface area contributed by atoms with E-state index in [1.54, 1.807) is 0 Å². The third-order valence-corrected chi connectivity index (χ3v) is 4.55. The molecule has 0 aromatic carbocycles. The monoisotopic (exact) mass is 298 g/mol. The maximum absolute atomic E-state index is 11.7. The molecule has 6 heteroatoms. The third-order valence-electron chi connectivity index (χ3n) is 2.82. The maximum atomic E-state index is 11.7. The molecule has 0 heterocycles. The SMILES string of the molecule is CC(C)N(CCNS(=O)(=O)CCCCCl)C(C)C. The van der Waals surface area contributed by atoms with Crippen molar-refractivity contribution >= 4 is 21.6 Å². The molecule has 0 aromatic heterocycles. The van der Waals surface area contributed by atoms with Crippen molar-refractivity contribution in [1.82, 2.24) is 9.62 Å². The molecule has 18 heavy (non-hydrogen) atoms. The van der Waals surface area contributed by atoms with Gasteiger partial charge in [0.1, 0.15) is 0 Å². The Hall–Kier alpha value is 0.160. The Bertz CT molecular complexity index is 297. The molecule has 0 radical (unpaired) electrons. The molecule has 110 valence electrons. The zero-order chi connectivity index (χ0) is 14.2. The molecule has 0 rings (SSSR count). The fourth-order valence-electron chi connectivity index (χ4n) is 1.90. The standard InChI is InChI=1S/C12H27ClN2O2S/c1-11(2)15(12(3)4)9-8-14-18(16,17)10-6-5-7-13/h11-12,14H,5-10H2,1-4H3. The summed E-state index contributed by atoms with van der Waals surface area (Å²) in [5.41, 5.74) is 0. The first kappa shape index (κ1) is 18.2. The average molecular weight is 299 g/mol. The fourth-order valence-corrected chi connectivity index (χ4v) is 3.22. The van der Waals surface area contributed by atoms with Crippen LogP contribution in [0.3, 0.4) is 0 Å². The smallest absolute Gasteiger partial charge is 0.211 e. The molecular weight excluding hydrogens is 272 g/mol. The van der Waals surface area contributed by atoms with Crippen LogP contribution < -0.4 is 4.72 Å². The maximum Gasteiger partial charge on any atom is 0.211 e. The topological polar surface area (TPSA) is 49.4 Å². The second-order valence-corrected chi connectivity index (χ2v) is 7.34. The Morgan fingerprint density at radius 2 is 1.67 bits per heavy atom. The van der Waals surface area contributed by atoms with Gasteiger partial charge >= 0.3 is 0 Å². The molecule has 0 aromatic rings. The highest BCUT2D eigenvalue weighted by Crippen LogP contribution is 2.03. The molecule has 4 nitrogen and oxygen atoms in total. The van der Waals surface area contributed by atoms with Gasteiger partial charge in [0, 0.05) is 31.1 Å². The van der Waals surface area contributed by atoms with E-state index in [1.165, 1.54) is 0 Å². The van der Waals surface area contributed by atoms with E-state index in [1.807, 2.05) is 0 Å². The molecule has 0 unspecified atom stereocenters. The normalized spacial score (nSPS) is 12.9. The summed E-state index contributed by atoms with van der Waals surface area (Å²) < 4.78 is 26.0. The first-order valence-corrected chi connectivity index (χ1v) is 8.78. The number of nitrogens with one attached hydrogen (secondary N) is 1. The summed E-state index contributed by atoms with van der Waals surface area (Å²) in [6, 6.07) is 0.844. The average Bonchev–Trinajstić information content (AvgIpc) is 2.23. The Balaban J connectivity index is 4.01. The Morgan fingerprint density at radius 1 is 1.11 bits per heavy atom. The van der Waals surface area contributed by atoms with Crippen molar-refractivity contribution in [3.05, 3.63) is 0 Å². The highest BCUT2D eigenvalue weighted by molar-refractivity contribution is 7.89. The number of unbranched alkanes of at least 4 members (excludes halogenated alkanes) is 1. The predicted molar refractivity (Wildman–Crippen MR) is 78.7 cm³/mol. The van der Waals surface area contributed by atoms with E-state index in [0.717, 1.165) is 13.0 Å². The van der Waals surface area contributed by atoms with Crippen LogP contribution in [0.2, 0.25) is 0 Å². The molecular formula is C12H27ClN2O2S. The van der Waals surface area contributed by atoms with E-state index < -0.39 is 10.0 Å². The van der Waals surface area contributed by atoms with Crippen molar-refractivity contribution in [3.63, 3.8) is 0 Å². The first-order chi connectivity index (χ1) is 8.30. The molecule has 0 atom stereocenters. The summed E-state index contributed by atoms with van der Waals surface area (Å²) in [6.07, 6.45) is 1.36. The number of nitrogens with zero attached hydrogens (tertiary/aromatic N) is 1. The number of sulfonamides is 1. The molecule has 0 fully saturated rings. The lowest BCUT2D eigenvalue weighted by Gasteiger charge is -2.30. The predicted octanol–water partition coefficient (Wildman–Crippen LogP) is 2.04. The minimum absolute atomic E-state index is 0.170. The largest absolute Gasteiger partial charge is 0.297 e. The lowest BCUT2D eigenvalue weighted by Crippen LogP contribution is -2.42. The highest BCUT2D eigenvalue weighted by atomic mass is 35.5. The molecule has 0 saturated heterocycles. The van der Waals surface area contributed by atoms with E-state index >= 15 is 0 Å². The van der Waals surface area contributed by atoms with Gasteiger partial charge in [-0.05, 0) is 40.5 Å². The molecule has 1 N–H and O–H groups in total. The van der Waals surface area contributed by atoms with Crippen molar-refractivity contribution in [1.29, 1.82) is 0 Å². The van der Waals surface area contributed by atoms with E-state index in [-0.39, 0.29) is 5.75 Å². The van der Waals surface area contributed by atoms with Gasteiger partial charge in [0.2, 0.25) is 10.0 Å². The van der Waals surface area contributed by atoms with Gasteiger partial charge in [-0.3, -0.25) is 4.90 Å². The summed E-state index contributed by atoms with van der Waals surface area (Å²) in [5.74, 6) is 0.688. The summed E-state index contributed by atoms with van der Waals surface area (Å²) >= 11 is 5.52. The van der Waals surface area contributed by atoms with E-state index in [9.17, 15) is 8.42 Å². The molecule has 0 saturated carbocycles. The molecule has 0 bridgehead atoms. The van der Waals surface area contributed by atoms with Crippen molar-refractivity contribution in [3.8, 4) is 0 Å². The highest BCUT2D eigenvalue weighted by Gasteiger charge is 2.14. The van der Waals surface area contributed by atoms with Crippen LogP contribution >= 0.6 is 11.6 Å². The summed E-state index contributed by atoms with van der Waals surface area (Å²) in [6.45, 7) is 9.69. The van der Waals surface area contributed by atoms with Gasteiger partial charge in [-0.1, -0.05) is 0 Å². The minimum atomic E-state index is -3.14. The van der Waals surface area contributed by atoms with E-state index in [0.29, 0.717) is 30.9 Å². The van der Waals surface area contributed by atoms with Gasteiger partial charge in [-0.15, -0.1) is 11.6 Å². The van der Waals surface area contributed by atoms with Crippen molar-refractivity contribution in [2.75, 3.05) is 24.7 Å².